The maximum atomic E-state index is 12.6. The molecule has 0 aliphatic rings. The normalized spacial score (nSPS) is 10.4. The minimum atomic E-state index is -0.354. The minimum absolute atomic E-state index is 0.232. The van der Waals surface area contributed by atoms with Crippen molar-refractivity contribution < 1.29 is 9.53 Å². The summed E-state index contributed by atoms with van der Waals surface area (Å²) in [5.41, 5.74) is 3.48. The molecule has 0 saturated carbocycles. The maximum Gasteiger partial charge on any atom is 0.274 e. The third-order valence-corrected chi connectivity index (χ3v) is 4.42. The van der Waals surface area contributed by atoms with Gasteiger partial charge in [-0.3, -0.25) is 4.79 Å². The van der Waals surface area contributed by atoms with Gasteiger partial charge in [-0.15, -0.1) is 0 Å². The summed E-state index contributed by atoms with van der Waals surface area (Å²) in [5, 5.41) is 6.56. The number of methoxy groups -OCH3 is 1. The molecule has 0 aliphatic heterocycles. The summed E-state index contributed by atoms with van der Waals surface area (Å²) < 4.78 is 5.29. The third-order valence-electron chi connectivity index (χ3n) is 4.01. The van der Waals surface area contributed by atoms with E-state index >= 15 is 0 Å². The quantitative estimate of drug-likeness (QED) is 0.665. The molecule has 0 saturated heterocycles. The van der Waals surface area contributed by atoms with Crippen molar-refractivity contribution in [3.63, 3.8) is 0 Å². The van der Waals surface area contributed by atoms with Crippen LogP contribution in [-0.4, -0.2) is 23.0 Å². The Morgan fingerprint density at radius 3 is 2.70 bits per heavy atom. The first-order valence-electron chi connectivity index (χ1n) is 8.29. The number of nitrogens with zero attached hydrogens (tertiary/aromatic N) is 2. The molecular weight excluding hydrogens is 364 g/mol. The smallest absolute Gasteiger partial charge is 0.274 e. The van der Waals surface area contributed by atoms with Crippen molar-refractivity contribution in [1.29, 1.82) is 0 Å². The first kappa shape index (κ1) is 18.7. The van der Waals surface area contributed by atoms with Crippen molar-refractivity contribution in [3.8, 4) is 5.75 Å². The molecule has 6 nitrogen and oxygen atoms in total. The van der Waals surface area contributed by atoms with Crippen LogP contribution < -0.4 is 15.4 Å². The molecule has 0 atom stereocenters. The molecular formula is C20H19ClN4O2. The first-order valence-corrected chi connectivity index (χ1v) is 8.67. The highest BCUT2D eigenvalue weighted by Crippen LogP contribution is 2.26. The van der Waals surface area contributed by atoms with Gasteiger partial charge >= 0.3 is 0 Å². The lowest BCUT2D eigenvalue weighted by molar-refractivity contribution is 0.102. The standard InChI is InChI=1S/C20H19ClN4O2/c1-12-7-8-18(27-3)17(11-12)23-19(26)16-9-10-22-20(25-16)24-15-6-4-5-14(21)13(15)2/h4-11H,1-3H3,(H,23,26)(H,22,24,25). The number of anilines is 3. The maximum absolute atomic E-state index is 12.6. The highest BCUT2D eigenvalue weighted by Gasteiger charge is 2.13. The van der Waals surface area contributed by atoms with Gasteiger partial charge in [-0.1, -0.05) is 23.7 Å². The molecule has 2 aromatic carbocycles. The van der Waals surface area contributed by atoms with Gasteiger partial charge in [0.25, 0.3) is 5.91 Å². The SMILES string of the molecule is COc1ccc(C)cc1NC(=O)c1ccnc(Nc2cccc(Cl)c2C)n1. The number of carbonyl (C=O) groups excluding carboxylic acids is 1. The van der Waals surface area contributed by atoms with E-state index in [1.807, 2.05) is 44.2 Å². The lowest BCUT2D eigenvalue weighted by atomic mass is 10.2. The fourth-order valence-electron chi connectivity index (χ4n) is 2.51. The zero-order valence-corrected chi connectivity index (χ0v) is 16.0. The van der Waals surface area contributed by atoms with Gasteiger partial charge in [-0.25, -0.2) is 9.97 Å². The number of amides is 1. The lowest BCUT2D eigenvalue weighted by Gasteiger charge is -2.12. The predicted molar refractivity (Wildman–Crippen MR) is 107 cm³/mol. The molecule has 1 heterocycles. The van der Waals surface area contributed by atoms with Crippen LogP contribution in [0, 0.1) is 13.8 Å². The van der Waals surface area contributed by atoms with E-state index in [0.717, 1.165) is 16.8 Å². The van der Waals surface area contributed by atoms with E-state index in [1.165, 1.54) is 6.20 Å². The highest BCUT2D eigenvalue weighted by atomic mass is 35.5. The highest BCUT2D eigenvalue weighted by molar-refractivity contribution is 6.31. The molecule has 2 N–H and O–H groups in total. The van der Waals surface area contributed by atoms with Crippen LogP contribution >= 0.6 is 11.6 Å². The molecule has 27 heavy (non-hydrogen) atoms. The third kappa shape index (κ3) is 4.35. The summed E-state index contributed by atoms with van der Waals surface area (Å²) >= 11 is 6.14. The number of hydrogen-bond donors (Lipinski definition) is 2. The molecule has 7 heteroatoms. The van der Waals surface area contributed by atoms with Crippen molar-refractivity contribution in [1.82, 2.24) is 9.97 Å². The second-order valence-corrected chi connectivity index (χ2v) is 6.37. The van der Waals surface area contributed by atoms with Gasteiger partial charge in [0, 0.05) is 16.9 Å². The predicted octanol–water partition coefficient (Wildman–Crippen LogP) is 4.75. The number of carbonyl (C=O) groups is 1. The summed E-state index contributed by atoms with van der Waals surface area (Å²) in [5.74, 6) is 0.535. The molecule has 0 unspecified atom stereocenters. The summed E-state index contributed by atoms with van der Waals surface area (Å²) in [6.07, 6.45) is 1.53. The number of aromatic nitrogens is 2. The van der Waals surface area contributed by atoms with Crippen LogP contribution in [0.1, 0.15) is 21.6 Å². The Hall–Kier alpha value is -3.12. The number of halogens is 1. The molecule has 0 radical (unpaired) electrons. The van der Waals surface area contributed by atoms with E-state index in [9.17, 15) is 4.79 Å². The Balaban J connectivity index is 1.82. The van der Waals surface area contributed by atoms with Crippen LogP contribution in [0.25, 0.3) is 0 Å². The van der Waals surface area contributed by atoms with Crippen LogP contribution in [-0.2, 0) is 0 Å². The average Bonchev–Trinajstić information content (AvgIpc) is 2.66. The fraction of sp³-hybridized carbons (Fsp3) is 0.150. The Morgan fingerprint density at radius 1 is 1.11 bits per heavy atom. The van der Waals surface area contributed by atoms with Crippen molar-refractivity contribution in [2.45, 2.75) is 13.8 Å². The second kappa shape index (κ2) is 8.05. The van der Waals surface area contributed by atoms with Crippen LogP contribution in [0.3, 0.4) is 0 Å². The van der Waals surface area contributed by atoms with Crippen LogP contribution in [0.5, 0.6) is 5.75 Å². The Bertz CT molecular complexity index is 991. The number of ether oxygens (including phenoxy) is 1. The molecule has 3 aromatic rings. The Labute approximate surface area is 162 Å². The monoisotopic (exact) mass is 382 g/mol. The van der Waals surface area contributed by atoms with Gasteiger partial charge in [-0.2, -0.15) is 0 Å². The van der Waals surface area contributed by atoms with Gasteiger partial charge in [0.05, 0.1) is 12.8 Å². The van der Waals surface area contributed by atoms with E-state index in [4.69, 9.17) is 16.3 Å². The fourth-order valence-corrected chi connectivity index (χ4v) is 2.69. The van der Waals surface area contributed by atoms with E-state index in [2.05, 4.69) is 20.6 Å². The van der Waals surface area contributed by atoms with E-state index in [1.54, 1.807) is 19.2 Å². The first-order chi connectivity index (χ1) is 13.0. The van der Waals surface area contributed by atoms with Gasteiger partial charge in [0.2, 0.25) is 5.95 Å². The molecule has 1 aromatic heterocycles. The number of hydrogen-bond acceptors (Lipinski definition) is 5. The number of rotatable bonds is 5. The Morgan fingerprint density at radius 2 is 1.93 bits per heavy atom. The lowest BCUT2D eigenvalue weighted by Crippen LogP contribution is -2.15. The molecule has 138 valence electrons. The van der Waals surface area contributed by atoms with Gasteiger partial charge in [0.1, 0.15) is 11.4 Å². The van der Waals surface area contributed by atoms with Crippen LogP contribution in [0.15, 0.2) is 48.7 Å². The van der Waals surface area contributed by atoms with E-state index in [-0.39, 0.29) is 11.6 Å². The zero-order chi connectivity index (χ0) is 19.4. The number of nitrogens with one attached hydrogen (secondary N) is 2. The van der Waals surface area contributed by atoms with Crippen LogP contribution in [0.2, 0.25) is 5.02 Å². The van der Waals surface area contributed by atoms with E-state index in [0.29, 0.717) is 22.4 Å². The number of aryl methyl sites for hydroxylation is 1. The summed E-state index contributed by atoms with van der Waals surface area (Å²) in [7, 11) is 1.56. The molecule has 1 amide bonds. The molecule has 0 spiro atoms. The summed E-state index contributed by atoms with van der Waals surface area (Å²) in [6, 6.07) is 12.6. The van der Waals surface area contributed by atoms with Gasteiger partial charge in [0.15, 0.2) is 0 Å². The summed E-state index contributed by atoms with van der Waals surface area (Å²) in [6.45, 7) is 3.83. The summed E-state index contributed by atoms with van der Waals surface area (Å²) in [4.78, 5) is 21.1. The van der Waals surface area contributed by atoms with Crippen molar-refractivity contribution >= 4 is 34.8 Å². The minimum Gasteiger partial charge on any atom is -0.495 e. The van der Waals surface area contributed by atoms with Crippen molar-refractivity contribution in [3.05, 3.63) is 70.5 Å². The average molecular weight is 383 g/mol. The van der Waals surface area contributed by atoms with E-state index < -0.39 is 0 Å². The largest absolute Gasteiger partial charge is 0.495 e. The Kier molecular flexibility index (Phi) is 5.57. The van der Waals surface area contributed by atoms with Gasteiger partial charge < -0.3 is 15.4 Å². The van der Waals surface area contributed by atoms with Crippen LogP contribution in [0.4, 0.5) is 17.3 Å². The molecule has 3 rings (SSSR count). The van der Waals surface area contributed by atoms with Crippen molar-refractivity contribution in [2.24, 2.45) is 0 Å². The molecule has 0 bridgehead atoms. The topological polar surface area (TPSA) is 76.1 Å². The molecule has 0 aliphatic carbocycles. The van der Waals surface area contributed by atoms with Gasteiger partial charge in [-0.05, 0) is 55.3 Å². The number of benzene rings is 2. The molecule has 0 fully saturated rings. The zero-order valence-electron chi connectivity index (χ0n) is 15.2. The second-order valence-electron chi connectivity index (χ2n) is 5.96. The van der Waals surface area contributed by atoms with Crippen molar-refractivity contribution in [2.75, 3.05) is 17.7 Å².